The summed E-state index contributed by atoms with van der Waals surface area (Å²) in [4.78, 5) is 11.5. The maximum atomic E-state index is 11.5. The van der Waals surface area contributed by atoms with Crippen molar-refractivity contribution in [3.8, 4) is 0 Å². The van der Waals surface area contributed by atoms with Crippen molar-refractivity contribution in [1.82, 2.24) is 5.32 Å². The van der Waals surface area contributed by atoms with Gasteiger partial charge in [-0.25, -0.2) is 0 Å². The van der Waals surface area contributed by atoms with Crippen molar-refractivity contribution in [2.24, 2.45) is 0 Å². The summed E-state index contributed by atoms with van der Waals surface area (Å²) in [6, 6.07) is 8.01. The first-order valence-corrected chi connectivity index (χ1v) is 6.10. The zero-order valence-corrected chi connectivity index (χ0v) is 10.7. The SMILES string of the molecule is CCCCC(=O)NCc1ccccc1COC. The molecule has 0 radical (unpaired) electrons. The third-order valence-corrected chi connectivity index (χ3v) is 2.65. The molecule has 1 aromatic rings. The monoisotopic (exact) mass is 235 g/mol. The lowest BCUT2D eigenvalue weighted by Crippen LogP contribution is -2.23. The molecule has 3 heteroatoms. The van der Waals surface area contributed by atoms with Gasteiger partial charge < -0.3 is 10.1 Å². The molecule has 0 saturated carbocycles. The van der Waals surface area contributed by atoms with Crippen molar-refractivity contribution in [1.29, 1.82) is 0 Å². The van der Waals surface area contributed by atoms with E-state index in [0.717, 1.165) is 24.0 Å². The molecule has 0 bridgehead atoms. The molecule has 0 aliphatic rings. The van der Waals surface area contributed by atoms with Crippen molar-refractivity contribution in [2.45, 2.75) is 39.3 Å². The lowest BCUT2D eigenvalue weighted by Gasteiger charge is -2.09. The summed E-state index contributed by atoms with van der Waals surface area (Å²) in [7, 11) is 1.68. The van der Waals surface area contributed by atoms with Crippen LogP contribution in [0.5, 0.6) is 0 Å². The Kier molecular flexibility index (Phi) is 6.33. The Balaban J connectivity index is 2.47. The molecule has 1 aromatic carbocycles. The van der Waals surface area contributed by atoms with E-state index in [4.69, 9.17) is 4.74 Å². The van der Waals surface area contributed by atoms with Gasteiger partial charge in [0.15, 0.2) is 0 Å². The zero-order chi connectivity index (χ0) is 12.5. The molecule has 0 unspecified atom stereocenters. The van der Waals surface area contributed by atoms with E-state index in [1.807, 2.05) is 24.3 Å². The number of unbranched alkanes of at least 4 members (excludes halogenated alkanes) is 1. The summed E-state index contributed by atoms with van der Waals surface area (Å²) < 4.78 is 5.13. The number of hydrogen-bond donors (Lipinski definition) is 1. The summed E-state index contributed by atoms with van der Waals surface area (Å²) in [5.41, 5.74) is 2.25. The quantitative estimate of drug-likeness (QED) is 0.789. The standard InChI is InChI=1S/C14H21NO2/c1-3-4-9-14(16)15-10-12-7-5-6-8-13(12)11-17-2/h5-8H,3-4,9-11H2,1-2H3,(H,15,16). The van der Waals surface area contributed by atoms with Gasteiger partial charge in [-0.3, -0.25) is 4.79 Å². The van der Waals surface area contributed by atoms with Crippen molar-refractivity contribution in [2.75, 3.05) is 7.11 Å². The van der Waals surface area contributed by atoms with Gasteiger partial charge in [-0.2, -0.15) is 0 Å². The average molecular weight is 235 g/mol. The Labute approximate surface area is 103 Å². The number of carbonyl (C=O) groups excluding carboxylic acids is 1. The van der Waals surface area contributed by atoms with Gasteiger partial charge in [0.1, 0.15) is 0 Å². The predicted molar refractivity (Wildman–Crippen MR) is 68.5 cm³/mol. The van der Waals surface area contributed by atoms with Crippen LogP contribution in [0.4, 0.5) is 0 Å². The van der Waals surface area contributed by atoms with E-state index in [0.29, 0.717) is 19.6 Å². The van der Waals surface area contributed by atoms with E-state index in [1.165, 1.54) is 0 Å². The van der Waals surface area contributed by atoms with Crippen LogP contribution in [0.2, 0.25) is 0 Å². The second kappa shape index (κ2) is 7.85. The van der Waals surface area contributed by atoms with Crippen LogP contribution >= 0.6 is 0 Å². The van der Waals surface area contributed by atoms with E-state index in [9.17, 15) is 4.79 Å². The summed E-state index contributed by atoms with van der Waals surface area (Å²) in [5.74, 6) is 0.124. The highest BCUT2D eigenvalue weighted by atomic mass is 16.5. The van der Waals surface area contributed by atoms with Crippen molar-refractivity contribution >= 4 is 5.91 Å². The average Bonchev–Trinajstić information content (AvgIpc) is 2.35. The van der Waals surface area contributed by atoms with E-state index in [-0.39, 0.29) is 5.91 Å². The van der Waals surface area contributed by atoms with E-state index < -0.39 is 0 Å². The Hall–Kier alpha value is -1.35. The van der Waals surface area contributed by atoms with Crippen molar-refractivity contribution in [3.05, 3.63) is 35.4 Å². The van der Waals surface area contributed by atoms with Crippen LogP contribution in [-0.4, -0.2) is 13.0 Å². The molecule has 0 heterocycles. The van der Waals surface area contributed by atoms with Gasteiger partial charge in [0.05, 0.1) is 6.61 Å². The normalized spacial score (nSPS) is 10.2. The van der Waals surface area contributed by atoms with E-state index >= 15 is 0 Å². The Morgan fingerprint density at radius 1 is 1.29 bits per heavy atom. The summed E-state index contributed by atoms with van der Waals surface area (Å²) >= 11 is 0. The van der Waals surface area contributed by atoms with Crippen LogP contribution in [0, 0.1) is 0 Å². The predicted octanol–water partition coefficient (Wildman–Crippen LogP) is 2.64. The number of benzene rings is 1. The molecular weight excluding hydrogens is 214 g/mol. The topological polar surface area (TPSA) is 38.3 Å². The number of hydrogen-bond acceptors (Lipinski definition) is 2. The molecule has 0 aliphatic heterocycles. The highest BCUT2D eigenvalue weighted by Gasteiger charge is 2.04. The Bertz CT molecular complexity index is 350. The van der Waals surface area contributed by atoms with Crippen LogP contribution in [0.25, 0.3) is 0 Å². The van der Waals surface area contributed by atoms with Crippen LogP contribution < -0.4 is 5.32 Å². The molecule has 1 rings (SSSR count). The molecule has 0 atom stereocenters. The van der Waals surface area contributed by atoms with Crippen LogP contribution in [0.1, 0.15) is 37.3 Å². The second-order valence-electron chi connectivity index (χ2n) is 4.08. The second-order valence-corrected chi connectivity index (χ2v) is 4.08. The lowest BCUT2D eigenvalue weighted by molar-refractivity contribution is -0.121. The fourth-order valence-corrected chi connectivity index (χ4v) is 1.65. The molecule has 17 heavy (non-hydrogen) atoms. The summed E-state index contributed by atoms with van der Waals surface area (Å²) in [6.45, 7) is 3.25. The smallest absolute Gasteiger partial charge is 0.220 e. The van der Waals surface area contributed by atoms with E-state index in [1.54, 1.807) is 7.11 Å². The molecule has 1 amide bonds. The maximum absolute atomic E-state index is 11.5. The third-order valence-electron chi connectivity index (χ3n) is 2.65. The minimum absolute atomic E-state index is 0.124. The van der Waals surface area contributed by atoms with Gasteiger partial charge in [-0.05, 0) is 17.5 Å². The first-order valence-electron chi connectivity index (χ1n) is 6.10. The molecule has 3 nitrogen and oxygen atoms in total. The molecule has 0 aliphatic carbocycles. The lowest BCUT2D eigenvalue weighted by atomic mass is 10.1. The zero-order valence-electron chi connectivity index (χ0n) is 10.7. The van der Waals surface area contributed by atoms with Crippen LogP contribution in [0.15, 0.2) is 24.3 Å². The Morgan fingerprint density at radius 2 is 2.00 bits per heavy atom. The van der Waals surface area contributed by atoms with Crippen molar-refractivity contribution in [3.63, 3.8) is 0 Å². The number of rotatable bonds is 7. The van der Waals surface area contributed by atoms with Gasteiger partial charge in [-0.15, -0.1) is 0 Å². The number of amides is 1. The molecule has 0 saturated heterocycles. The first kappa shape index (κ1) is 13.7. The number of nitrogens with one attached hydrogen (secondary N) is 1. The van der Waals surface area contributed by atoms with Gasteiger partial charge in [0, 0.05) is 20.1 Å². The molecule has 1 N–H and O–H groups in total. The molecule has 0 spiro atoms. The van der Waals surface area contributed by atoms with Crippen LogP contribution in [-0.2, 0) is 22.7 Å². The van der Waals surface area contributed by atoms with Gasteiger partial charge in [0.2, 0.25) is 5.91 Å². The summed E-state index contributed by atoms with van der Waals surface area (Å²) in [6.07, 6.45) is 2.61. The van der Waals surface area contributed by atoms with Crippen molar-refractivity contribution < 1.29 is 9.53 Å². The molecular formula is C14H21NO2. The molecule has 0 aromatic heterocycles. The highest BCUT2D eigenvalue weighted by Crippen LogP contribution is 2.09. The molecule has 94 valence electrons. The third kappa shape index (κ3) is 5.00. The van der Waals surface area contributed by atoms with Gasteiger partial charge in [0.25, 0.3) is 0 Å². The maximum Gasteiger partial charge on any atom is 0.220 e. The minimum atomic E-state index is 0.124. The van der Waals surface area contributed by atoms with E-state index in [2.05, 4.69) is 12.2 Å². The number of methoxy groups -OCH3 is 1. The molecule has 0 fully saturated rings. The fourth-order valence-electron chi connectivity index (χ4n) is 1.65. The minimum Gasteiger partial charge on any atom is -0.380 e. The van der Waals surface area contributed by atoms with Gasteiger partial charge >= 0.3 is 0 Å². The van der Waals surface area contributed by atoms with Gasteiger partial charge in [-0.1, -0.05) is 37.6 Å². The number of carbonyl (C=O) groups is 1. The fraction of sp³-hybridized carbons (Fsp3) is 0.500. The van der Waals surface area contributed by atoms with Crippen LogP contribution in [0.3, 0.4) is 0 Å². The largest absolute Gasteiger partial charge is 0.380 e. The highest BCUT2D eigenvalue weighted by molar-refractivity contribution is 5.75. The summed E-state index contributed by atoms with van der Waals surface area (Å²) in [5, 5.41) is 2.94. The number of ether oxygens (including phenoxy) is 1. The Morgan fingerprint density at radius 3 is 2.65 bits per heavy atom. The first-order chi connectivity index (χ1) is 8.27.